The van der Waals surface area contributed by atoms with Gasteiger partial charge in [0.1, 0.15) is 0 Å². The number of carbonyl (C=O) groups is 2. The van der Waals surface area contributed by atoms with Crippen molar-refractivity contribution >= 4 is 11.8 Å². The van der Waals surface area contributed by atoms with Gasteiger partial charge in [0.05, 0.1) is 11.1 Å². The number of hydrogen-bond donors (Lipinski definition) is 3. The summed E-state index contributed by atoms with van der Waals surface area (Å²) < 4.78 is 0. The first kappa shape index (κ1) is 21.2. The van der Waals surface area contributed by atoms with Crippen LogP contribution in [0.2, 0.25) is 0 Å². The lowest BCUT2D eigenvalue weighted by molar-refractivity contribution is 0.0935. The average Bonchev–Trinajstić information content (AvgIpc) is 2.62. The number of nitrogens with two attached hydrogens (primary N) is 2. The molecule has 0 radical (unpaired) electrons. The second kappa shape index (κ2) is 13.4. The zero-order chi connectivity index (χ0) is 18.3. The Hall–Kier alpha value is -1.88. The van der Waals surface area contributed by atoms with Gasteiger partial charge in [0.2, 0.25) is 5.91 Å². The Kier molecular flexibility index (Phi) is 11.4. The van der Waals surface area contributed by atoms with Crippen LogP contribution in [0.5, 0.6) is 0 Å². The molecule has 0 spiro atoms. The molecule has 5 nitrogen and oxygen atoms in total. The van der Waals surface area contributed by atoms with Gasteiger partial charge in [-0.15, -0.1) is 0 Å². The van der Waals surface area contributed by atoms with Crippen LogP contribution in [0.3, 0.4) is 0 Å². The standard InChI is InChI=1S/C20H33N3O2/c21-15-11-7-5-3-1-2-4-6-8-12-16-23-20(25)18-14-10-9-13-17(18)19(22)24/h9-10,13-14H,1-8,11-12,15-16,21H2,(H2,22,24)(H,23,25). The van der Waals surface area contributed by atoms with Crippen molar-refractivity contribution in [3.8, 4) is 0 Å². The smallest absolute Gasteiger partial charge is 0.252 e. The van der Waals surface area contributed by atoms with Crippen LogP contribution in [0.1, 0.15) is 84.9 Å². The highest BCUT2D eigenvalue weighted by Crippen LogP contribution is 2.11. The van der Waals surface area contributed by atoms with Crippen LogP contribution in [0.25, 0.3) is 0 Å². The Morgan fingerprint density at radius 3 is 1.76 bits per heavy atom. The van der Waals surface area contributed by atoms with E-state index in [0.29, 0.717) is 12.1 Å². The van der Waals surface area contributed by atoms with Gasteiger partial charge in [-0.05, 0) is 31.5 Å². The van der Waals surface area contributed by atoms with E-state index < -0.39 is 5.91 Å². The van der Waals surface area contributed by atoms with Crippen molar-refractivity contribution < 1.29 is 9.59 Å². The minimum Gasteiger partial charge on any atom is -0.366 e. The lowest BCUT2D eigenvalue weighted by Gasteiger charge is -2.08. The molecule has 0 aliphatic rings. The van der Waals surface area contributed by atoms with Crippen LogP contribution in [-0.4, -0.2) is 24.9 Å². The maximum atomic E-state index is 12.1. The molecule has 0 aromatic heterocycles. The van der Waals surface area contributed by atoms with Crippen LogP contribution in [0.4, 0.5) is 0 Å². The Morgan fingerprint density at radius 1 is 0.760 bits per heavy atom. The van der Waals surface area contributed by atoms with Gasteiger partial charge in [-0.1, -0.05) is 63.5 Å². The molecule has 0 aliphatic heterocycles. The number of nitrogens with one attached hydrogen (secondary N) is 1. The third-order valence-corrected chi connectivity index (χ3v) is 4.35. The molecule has 140 valence electrons. The fraction of sp³-hybridized carbons (Fsp3) is 0.600. The lowest BCUT2D eigenvalue weighted by Crippen LogP contribution is -2.27. The molecular weight excluding hydrogens is 314 g/mol. The van der Waals surface area contributed by atoms with Crippen LogP contribution in [0.15, 0.2) is 24.3 Å². The number of carbonyl (C=O) groups excluding carboxylic acids is 2. The third kappa shape index (κ3) is 9.25. The van der Waals surface area contributed by atoms with Gasteiger partial charge in [-0.25, -0.2) is 0 Å². The predicted octanol–water partition coefficient (Wildman–Crippen LogP) is 3.38. The number of hydrogen-bond acceptors (Lipinski definition) is 3. The fourth-order valence-electron chi connectivity index (χ4n) is 2.88. The zero-order valence-electron chi connectivity index (χ0n) is 15.3. The van der Waals surface area contributed by atoms with Crippen LogP contribution in [0, 0.1) is 0 Å². The Bertz CT molecular complexity index is 517. The largest absolute Gasteiger partial charge is 0.366 e. The van der Waals surface area contributed by atoms with E-state index in [0.717, 1.165) is 25.8 Å². The Morgan fingerprint density at radius 2 is 1.24 bits per heavy atom. The molecule has 1 aromatic rings. The van der Waals surface area contributed by atoms with E-state index >= 15 is 0 Å². The van der Waals surface area contributed by atoms with Crippen molar-refractivity contribution in [1.29, 1.82) is 0 Å². The Balaban J connectivity index is 2.05. The quantitative estimate of drug-likeness (QED) is 0.450. The molecule has 0 saturated carbocycles. The van der Waals surface area contributed by atoms with Crippen molar-refractivity contribution in [3.05, 3.63) is 35.4 Å². The summed E-state index contributed by atoms with van der Waals surface area (Å²) in [6, 6.07) is 6.64. The highest BCUT2D eigenvalue weighted by Gasteiger charge is 2.13. The normalized spacial score (nSPS) is 10.6. The molecule has 0 aliphatic carbocycles. The summed E-state index contributed by atoms with van der Waals surface area (Å²) >= 11 is 0. The summed E-state index contributed by atoms with van der Waals surface area (Å²) in [5.74, 6) is -0.805. The van der Waals surface area contributed by atoms with Gasteiger partial charge >= 0.3 is 0 Å². The van der Waals surface area contributed by atoms with E-state index in [1.807, 2.05) is 0 Å². The van der Waals surface area contributed by atoms with Gasteiger partial charge in [-0.2, -0.15) is 0 Å². The van der Waals surface area contributed by atoms with Crippen LogP contribution in [-0.2, 0) is 0 Å². The van der Waals surface area contributed by atoms with E-state index in [1.165, 1.54) is 44.9 Å². The summed E-state index contributed by atoms with van der Waals surface area (Å²) in [7, 11) is 0. The van der Waals surface area contributed by atoms with E-state index in [2.05, 4.69) is 5.32 Å². The van der Waals surface area contributed by atoms with Crippen molar-refractivity contribution in [2.24, 2.45) is 11.5 Å². The van der Waals surface area contributed by atoms with Gasteiger partial charge < -0.3 is 16.8 Å². The van der Waals surface area contributed by atoms with Gasteiger partial charge in [0.25, 0.3) is 5.91 Å². The second-order valence-corrected chi connectivity index (χ2v) is 6.49. The molecule has 0 bridgehead atoms. The molecule has 0 fully saturated rings. The predicted molar refractivity (Wildman–Crippen MR) is 103 cm³/mol. The maximum absolute atomic E-state index is 12.1. The average molecular weight is 348 g/mol. The molecule has 5 N–H and O–H groups in total. The summed E-state index contributed by atoms with van der Waals surface area (Å²) in [4.78, 5) is 23.5. The van der Waals surface area contributed by atoms with Crippen LogP contribution >= 0.6 is 0 Å². The molecule has 0 heterocycles. The monoisotopic (exact) mass is 347 g/mol. The highest BCUT2D eigenvalue weighted by molar-refractivity contribution is 6.06. The molecule has 25 heavy (non-hydrogen) atoms. The first-order chi connectivity index (χ1) is 12.2. The number of benzene rings is 1. The number of primary amides is 1. The van der Waals surface area contributed by atoms with Crippen molar-refractivity contribution in [3.63, 3.8) is 0 Å². The van der Waals surface area contributed by atoms with Crippen molar-refractivity contribution in [2.75, 3.05) is 13.1 Å². The summed E-state index contributed by atoms with van der Waals surface area (Å²) in [6.45, 7) is 1.44. The topological polar surface area (TPSA) is 98.2 Å². The lowest BCUT2D eigenvalue weighted by atomic mass is 10.1. The maximum Gasteiger partial charge on any atom is 0.252 e. The summed E-state index contributed by atoms with van der Waals surface area (Å²) in [5.41, 5.74) is 11.4. The number of rotatable bonds is 14. The van der Waals surface area contributed by atoms with Gasteiger partial charge in [-0.3, -0.25) is 9.59 Å². The molecule has 5 heteroatoms. The minimum atomic E-state index is -0.575. The van der Waals surface area contributed by atoms with E-state index in [1.54, 1.807) is 24.3 Å². The molecular formula is C20H33N3O2. The molecule has 0 unspecified atom stereocenters. The van der Waals surface area contributed by atoms with E-state index in [4.69, 9.17) is 11.5 Å². The SMILES string of the molecule is NCCCCCCCCCCCCNC(=O)c1ccccc1C(N)=O. The zero-order valence-corrected chi connectivity index (χ0v) is 15.3. The first-order valence-electron chi connectivity index (χ1n) is 9.54. The van der Waals surface area contributed by atoms with Gasteiger partial charge in [0.15, 0.2) is 0 Å². The molecule has 0 saturated heterocycles. The Labute approximate surface area is 151 Å². The molecule has 1 rings (SSSR count). The minimum absolute atomic E-state index is 0.230. The van der Waals surface area contributed by atoms with Gasteiger partial charge in [0, 0.05) is 6.54 Å². The van der Waals surface area contributed by atoms with Crippen molar-refractivity contribution in [1.82, 2.24) is 5.32 Å². The number of amides is 2. The van der Waals surface area contributed by atoms with Crippen molar-refractivity contribution in [2.45, 2.75) is 64.2 Å². The first-order valence-corrected chi connectivity index (χ1v) is 9.54. The third-order valence-electron chi connectivity index (χ3n) is 4.35. The van der Waals surface area contributed by atoms with E-state index in [-0.39, 0.29) is 11.5 Å². The molecule has 0 atom stereocenters. The fourth-order valence-corrected chi connectivity index (χ4v) is 2.88. The van der Waals surface area contributed by atoms with Crippen LogP contribution < -0.4 is 16.8 Å². The molecule has 1 aromatic carbocycles. The summed E-state index contributed by atoms with van der Waals surface area (Å²) in [5, 5.41) is 2.87. The second-order valence-electron chi connectivity index (χ2n) is 6.49. The highest BCUT2D eigenvalue weighted by atomic mass is 16.2. The van der Waals surface area contributed by atoms with E-state index in [9.17, 15) is 9.59 Å². The summed E-state index contributed by atoms with van der Waals surface area (Å²) in [6.07, 6.45) is 12.2. The number of unbranched alkanes of at least 4 members (excludes halogenated alkanes) is 9. The molecule has 2 amide bonds.